The molecule has 5 nitrogen and oxygen atoms in total. The molecule has 1 amide bonds. The molecule has 23 heavy (non-hydrogen) atoms. The highest BCUT2D eigenvalue weighted by Gasteiger charge is 2.23. The van der Waals surface area contributed by atoms with E-state index in [1.165, 1.54) is 5.56 Å². The van der Waals surface area contributed by atoms with Crippen LogP contribution in [0.4, 0.5) is 0 Å². The van der Waals surface area contributed by atoms with Crippen molar-refractivity contribution in [2.24, 2.45) is 0 Å². The molecule has 0 aromatic heterocycles. The standard InChI is InChI=1S/C18H27NO4/c1-15-6-5-7-16(12-15)22-10-4-3-8-18(20)19-9-11-23-17(13-19)14-21-2/h5-7,12,17H,3-4,8-11,13-14H2,1-2H3/t17-/m0/s1. The number of unbranched alkanes of at least 4 members (excludes halogenated alkanes) is 1. The van der Waals surface area contributed by atoms with Gasteiger partial charge < -0.3 is 19.1 Å². The van der Waals surface area contributed by atoms with E-state index in [-0.39, 0.29) is 12.0 Å². The number of hydrogen-bond donors (Lipinski definition) is 0. The van der Waals surface area contributed by atoms with E-state index in [0.29, 0.717) is 39.3 Å². The molecule has 0 spiro atoms. The molecule has 0 unspecified atom stereocenters. The smallest absolute Gasteiger partial charge is 0.222 e. The molecule has 0 bridgehead atoms. The van der Waals surface area contributed by atoms with Crippen LogP contribution in [-0.2, 0) is 14.3 Å². The molecule has 5 heteroatoms. The van der Waals surface area contributed by atoms with E-state index < -0.39 is 0 Å². The average molecular weight is 321 g/mol. The lowest BCUT2D eigenvalue weighted by Crippen LogP contribution is -2.47. The highest BCUT2D eigenvalue weighted by molar-refractivity contribution is 5.76. The fourth-order valence-corrected chi connectivity index (χ4v) is 2.66. The normalized spacial score (nSPS) is 18.0. The van der Waals surface area contributed by atoms with Crippen LogP contribution in [0.1, 0.15) is 24.8 Å². The summed E-state index contributed by atoms with van der Waals surface area (Å²) in [6.45, 7) is 5.13. The number of carbonyl (C=O) groups excluding carboxylic acids is 1. The van der Waals surface area contributed by atoms with Crippen LogP contribution in [0.15, 0.2) is 24.3 Å². The minimum absolute atomic E-state index is 0.00218. The first-order valence-electron chi connectivity index (χ1n) is 8.27. The molecular formula is C18H27NO4. The molecule has 1 aromatic carbocycles. The zero-order chi connectivity index (χ0) is 16.5. The minimum atomic E-state index is 0.00218. The van der Waals surface area contributed by atoms with Crippen molar-refractivity contribution < 1.29 is 19.0 Å². The number of methoxy groups -OCH3 is 1. The number of aryl methyl sites for hydroxylation is 1. The third kappa shape index (κ3) is 6.20. The molecule has 1 atom stereocenters. The van der Waals surface area contributed by atoms with Crippen molar-refractivity contribution in [1.29, 1.82) is 0 Å². The summed E-state index contributed by atoms with van der Waals surface area (Å²) in [5.41, 5.74) is 1.19. The van der Waals surface area contributed by atoms with E-state index in [0.717, 1.165) is 18.6 Å². The molecule has 1 aliphatic heterocycles. The molecule has 1 aliphatic rings. The van der Waals surface area contributed by atoms with E-state index in [2.05, 4.69) is 0 Å². The summed E-state index contributed by atoms with van der Waals surface area (Å²) in [6.07, 6.45) is 2.29. The van der Waals surface area contributed by atoms with Gasteiger partial charge in [-0.3, -0.25) is 4.79 Å². The molecule has 1 fully saturated rings. The molecule has 1 saturated heterocycles. The molecular weight excluding hydrogens is 294 g/mol. The minimum Gasteiger partial charge on any atom is -0.494 e. The second kappa shape index (κ2) is 9.53. The van der Waals surface area contributed by atoms with E-state index in [9.17, 15) is 4.79 Å². The Morgan fingerprint density at radius 2 is 2.26 bits per heavy atom. The van der Waals surface area contributed by atoms with Crippen molar-refractivity contribution in [1.82, 2.24) is 4.90 Å². The number of nitrogens with zero attached hydrogens (tertiary/aromatic N) is 1. The highest BCUT2D eigenvalue weighted by Crippen LogP contribution is 2.13. The Morgan fingerprint density at radius 3 is 3.04 bits per heavy atom. The summed E-state index contributed by atoms with van der Waals surface area (Å²) in [5.74, 6) is 1.09. The second-order valence-electron chi connectivity index (χ2n) is 5.91. The van der Waals surface area contributed by atoms with Gasteiger partial charge in [0.15, 0.2) is 0 Å². The van der Waals surface area contributed by atoms with Gasteiger partial charge in [-0.2, -0.15) is 0 Å². The number of benzene rings is 1. The number of amides is 1. The molecule has 0 aliphatic carbocycles. The topological polar surface area (TPSA) is 48.0 Å². The fraction of sp³-hybridized carbons (Fsp3) is 0.611. The quantitative estimate of drug-likeness (QED) is 0.690. The van der Waals surface area contributed by atoms with Gasteiger partial charge in [0.25, 0.3) is 0 Å². The van der Waals surface area contributed by atoms with Gasteiger partial charge in [0, 0.05) is 26.6 Å². The van der Waals surface area contributed by atoms with Crippen molar-refractivity contribution in [3.05, 3.63) is 29.8 Å². The van der Waals surface area contributed by atoms with Crippen LogP contribution in [0, 0.1) is 6.92 Å². The van der Waals surface area contributed by atoms with Gasteiger partial charge in [-0.05, 0) is 37.5 Å². The first-order chi connectivity index (χ1) is 11.2. The Bertz CT molecular complexity index is 490. The van der Waals surface area contributed by atoms with Crippen LogP contribution in [0.2, 0.25) is 0 Å². The fourth-order valence-electron chi connectivity index (χ4n) is 2.66. The molecule has 0 N–H and O–H groups in total. The lowest BCUT2D eigenvalue weighted by molar-refractivity contribution is -0.140. The molecule has 0 radical (unpaired) electrons. The number of hydrogen-bond acceptors (Lipinski definition) is 4. The Hall–Kier alpha value is -1.59. The van der Waals surface area contributed by atoms with Crippen LogP contribution in [-0.4, -0.2) is 56.9 Å². The SMILES string of the molecule is COC[C@@H]1CN(C(=O)CCCCOc2cccc(C)c2)CCO1. The summed E-state index contributed by atoms with van der Waals surface area (Å²) in [6, 6.07) is 8.02. The third-order valence-corrected chi connectivity index (χ3v) is 3.89. The van der Waals surface area contributed by atoms with Gasteiger partial charge >= 0.3 is 0 Å². The zero-order valence-electron chi connectivity index (χ0n) is 14.1. The van der Waals surface area contributed by atoms with Crippen LogP contribution < -0.4 is 4.74 Å². The lowest BCUT2D eigenvalue weighted by Gasteiger charge is -2.32. The second-order valence-corrected chi connectivity index (χ2v) is 5.91. The number of carbonyl (C=O) groups is 1. The first kappa shape index (κ1) is 17.8. The lowest BCUT2D eigenvalue weighted by atomic mass is 10.2. The Labute approximate surface area is 138 Å². The maximum absolute atomic E-state index is 12.2. The van der Waals surface area contributed by atoms with Gasteiger partial charge in [0.05, 0.1) is 25.9 Å². The Kier molecular flexibility index (Phi) is 7.36. The van der Waals surface area contributed by atoms with Crippen LogP contribution >= 0.6 is 0 Å². The Balaban J connectivity index is 1.61. The maximum atomic E-state index is 12.2. The summed E-state index contributed by atoms with van der Waals surface area (Å²) < 4.78 is 16.4. The number of morpholine rings is 1. The Morgan fingerprint density at radius 1 is 1.39 bits per heavy atom. The summed E-state index contributed by atoms with van der Waals surface area (Å²) >= 11 is 0. The molecule has 128 valence electrons. The highest BCUT2D eigenvalue weighted by atomic mass is 16.5. The van der Waals surface area contributed by atoms with Crippen LogP contribution in [0.25, 0.3) is 0 Å². The maximum Gasteiger partial charge on any atom is 0.222 e. The average Bonchev–Trinajstić information content (AvgIpc) is 2.55. The molecule has 1 aromatic rings. The van der Waals surface area contributed by atoms with Crippen LogP contribution in [0.5, 0.6) is 5.75 Å². The summed E-state index contributed by atoms with van der Waals surface area (Å²) in [4.78, 5) is 14.1. The predicted octanol–water partition coefficient (Wildman–Crippen LogP) is 2.42. The van der Waals surface area contributed by atoms with Crippen molar-refractivity contribution in [2.45, 2.75) is 32.3 Å². The van der Waals surface area contributed by atoms with Gasteiger partial charge in [0.1, 0.15) is 5.75 Å². The largest absolute Gasteiger partial charge is 0.494 e. The van der Waals surface area contributed by atoms with E-state index >= 15 is 0 Å². The molecule has 1 heterocycles. The van der Waals surface area contributed by atoms with Gasteiger partial charge in [-0.25, -0.2) is 0 Å². The molecule has 2 rings (SSSR count). The van der Waals surface area contributed by atoms with Crippen LogP contribution in [0.3, 0.4) is 0 Å². The van der Waals surface area contributed by atoms with E-state index in [1.54, 1.807) is 7.11 Å². The number of ether oxygens (including phenoxy) is 3. The van der Waals surface area contributed by atoms with Gasteiger partial charge in [-0.1, -0.05) is 12.1 Å². The first-order valence-corrected chi connectivity index (χ1v) is 8.27. The third-order valence-electron chi connectivity index (χ3n) is 3.89. The van der Waals surface area contributed by atoms with Gasteiger partial charge in [-0.15, -0.1) is 0 Å². The zero-order valence-corrected chi connectivity index (χ0v) is 14.1. The molecule has 0 saturated carbocycles. The summed E-state index contributed by atoms with van der Waals surface area (Å²) in [7, 11) is 1.65. The summed E-state index contributed by atoms with van der Waals surface area (Å²) in [5, 5.41) is 0. The van der Waals surface area contributed by atoms with Gasteiger partial charge in [0.2, 0.25) is 5.91 Å². The van der Waals surface area contributed by atoms with Crippen molar-refractivity contribution >= 4 is 5.91 Å². The van der Waals surface area contributed by atoms with E-state index in [4.69, 9.17) is 14.2 Å². The van der Waals surface area contributed by atoms with E-state index in [1.807, 2.05) is 36.1 Å². The predicted molar refractivity (Wildman–Crippen MR) is 88.7 cm³/mol. The monoisotopic (exact) mass is 321 g/mol. The van der Waals surface area contributed by atoms with Crippen molar-refractivity contribution in [3.8, 4) is 5.75 Å². The number of rotatable bonds is 8. The van der Waals surface area contributed by atoms with Crippen molar-refractivity contribution in [3.63, 3.8) is 0 Å². The van der Waals surface area contributed by atoms with Crippen molar-refractivity contribution in [2.75, 3.05) is 40.0 Å².